The lowest BCUT2D eigenvalue weighted by molar-refractivity contribution is 0.227. The highest BCUT2D eigenvalue weighted by Gasteiger charge is 2.22. The summed E-state index contributed by atoms with van der Waals surface area (Å²) in [7, 11) is 0. The van der Waals surface area contributed by atoms with E-state index in [0.29, 0.717) is 0 Å². The summed E-state index contributed by atoms with van der Waals surface area (Å²) in [6.07, 6.45) is 6.92. The molecule has 1 aliphatic carbocycles. The van der Waals surface area contributed by atoms with Crippen molar-refractivity contribution in [1.29, 1.82) is 0 Å². The molecule has 0 aromatic heterocycles. The highest BCUT2D eigenvalue weighted by Crippen LogP contribution is 2.29. The van der Waals surface area contributed by atoms with Crippen molar-refractivity contribution >= 4 is 0 Å². The van der Waals surface area contributed by atoms with Crippen molar-refractivity contribution in [3.8, 4) is 0 Å². The molecule has 1 fully saturated rings. The summed E-state index contributed by atoms with van der Waals surface area (Å²) in [5.41, 5.74) is 0. The van der Waals surface area contributed by atoms with Gasteiger partial charge in [0.15, 0.2) is 0 Å². The first kappa shape index (κ1) is 16.0. The summed E-state index contributed by atoms with van der Waals surface area (Å²) in [4.78, 5) is 2.55. The zero-order chi connectivity index (χ0) is 13.4. The minimum Gasteiger partial charge on any atom is -0.313 e. The Balaban J connectivity index is 2.10. The van der Waals surface area contributed by atoms with Crippen LogP contribution in [-0.4, -0.2) is 37.1 Å². The summed E-state index contributed by atoms with van der Waals surface area (Å²) in [6, 6.07) is 0.792. The van der Waals surface area contributed by atoms with E-state index < -0.39 is 0 Å². The van der Waals surface area contributed by atoms with Crippen molar-refractivity contribution in [3.05, 3.63) is 0 Å². The molecule has 1 rings (SSSR count). The van der Waals surface area contributed by atoms with E-state index in [2.05, 4.69) is 37.9 Å². The Bertz CT molecular complexity index is 195. The van der Waals surface area contributed by atoms with Gasteiger partial charge < -0.3 is 10.2 Å². The zero-order valence-corrected chi connectivity index (χ0v) is 13.0. The van der Waals surface area contributed by atoms with E-state index in [9.17, 15) is 0 Å². The second kappa shape index (κ2) is 8.92. The lowest BCUT2D eigenvalue weighted by Gasteiger charge is -2.32. The van der Waals surface area contributed by atoms with Crippen molar-refractivity contribution in [2.45, 2.75) is 65.8 Å². The Kier molecular flexibility index (Phi) is 7.92. The first-order valence-corrected chi connectivity index (χ1v) is 8.13. The van der Waals surface area contributed by atoms with E-state index in [1.54, 1.807) is 0 Å². The molecule has 2 nitrogen and oxygen atoms in total. The van der Waals surface area contributed by atoms with E-state index in [4.69, 9.17) is 0 Å². The molecule has 0 saturated heterocycles. The van der Waals surface area contributed by atoms with Gasteiger partial charge in [-0.2, -0.15) is 0 Å². The fourth-order valence-corrected chi connectivity index (χ4v) is 3.16. The van der Waals surface area contributed by atoms with Crippen LogP contribution in [0.4, 0.5) is 0 Å². The molecule has 0 atom stereocenters. The maximum Gasteiger partial charge on any atom is 0.0107 e. The topological polar surface area (TPSA) is 15.3 Å². The fraction of sp³-hybridized carbons (Fsp3) is 1.00. The standard InChI is InChI=1S/C16H34N2/c1-5-12-18(6-2)13-11-17-16-9-7-15(8-10-16)14(3)4/h14-17H,5-13H2,1-4H3. The maximum absolute atomic E-state index is 3.76. The molecular weight excluding hydrogens is 220 g/mol. The van der Waals surface area contributed by atoms with Gasteiger partial charge >= 0.3 is 0 Å². The zero-order valence-electron chi connectivity index (χ0n) is 13.0. The van der Waals surface area contributed by atoms with Crippen LogP contribution in [0.3, 0.4) is 0 Å². The molecule has 0 amide bonds. The maximum atomic E-state index is 3.76. The summed E-state index contributed by atoms with van der Waals surface area (Å²) in [5, 5.41) is 3.76. The van der Waals surface area contributed by atoms with Gasteiger partial charge in [-0.05, 0) is 57.0 Å². The van der Waals surface area contributed by atoms with Gasteiger partial charge in [0.2, 0.25) is 0 Å². The number of hydrogen-bond donors (Lipinski definition) is 1. The molecule has 0 bridgehead atoms. The quantitative estimate of drug-likeness (QED) is 0.713. The Morgan fingerprint density at radius 3 is 2.22 bits per heavy atom. The van der Waals surface area contributed by atoms with Crippen LogP contribution in [0.15, 0.2) is 0 Å². The van der Waals surface area contributed by atoms with Crippen molar-refractivity contribution < 1.29 is 0 Å². The first-order valence-electron chi connectivity index (χ1n) is 8.13. The molecular formula is C16H34N2. The van der Waals surface area contributed by atoms with Gasteiger partial charge in [-0.3, -0.25) is 0 Å². The normalized spacial score (nSPS) is 25.0. The lowest BCUT2D eigenvalue weighted by atomic mass is 9.80. The van der Waals surface area contributed by atoms with E-state index in [-0.39, 0.29) is 0 Å². The number of likely N-dealkylation sites (N-methyl/N-ethyl adjacent to an activating group) is 1. The molecule has 1 aliphatic rings. The molecule has 0 aliphatic heterocycles. The van der Waals surface area contributed by atoms with Gasteiger partial charge in [-0.1, -0.05) is 27.7 Å². The van der Waals surface area contributed by atoms with Crippen LogP contribution >= 0.6 is 0 Å². The van der Waals surface area contributed by atoms with Crippen LogP contribution in [0.5, 0.6) is 0 Å². The Morgan fingerprint density at radius 2 is 1.72 bits per heavy atom. The first-order chi connectivity index (χ1) is 8.67. The van der Waals surface area contributed by atoms with Crippen LogP contribution in [-0.2, 0) is 0 Å². The number of nitrogens with zero attached hydrogens (tertiary/aromatic N) is 1. The molecule has 1 N–H and O–H groups in total. The average molecular weight is 254 g/mol. The Labute approximate surface area is 115 Å². The van der Waals surface area contributed by atoms with Gasteiger partial charge in [0.1, 0.15) is 0 Å². The summed E-state index contributed by atoms with van der Waals surface area (Å²) in [5.74, 6) is 1.86. The number of hydrogen-bond acceptors (Lipinski definition) is 2. The minimum atomic E-state index is 0.792. The van der Waals surface area contributed by atoms with Crippen molar-refractivity contribution in [3.63, 3.8) is 0 Å². The molecule has 0 spiro atoms. The van der Waals surface area contributed by atoms with Crippen LogP contribution in [0, 0.1) is 11.8 Å². The molecule has 108 valence electrons. The Hall–Kier alpha value is -0.0800. The molecule has 1 saturated carbocycles. The van der Waals surface area contributed by atoms with Crippen LogP contribution in [0.1, 0.15) is 59.8 Å². The third-order valence-corrected chi connectivity index (χ3v) is 4.56. The molecule has 2 heteroatoms. The highest BCUT2D eigenvalue weighted by atomic mass is 15.1. The smallest absolute Gasteiger partial charge is 0.0107 e. The average Bonchev–Trinajstić information content (AvgIpc) is 2.38. The third kappa shape index (κ3) is 5.71. The largest absolute Gasteiger partial charge is 0.313 e. The number of rotatable bonds is 8. The summed E-state index contributed by atoms with van der Waals surface area (Å²) >= 11 is 0. The molecule has 0 unspecified atom stereocenters. The summed E-state index contributed by atoms with van der Waals surface area (Å²) < 4.78 is 0. The minimum absolute atomic E-state index is 0.792. The van der Waals surface area contributed by atoms with Crippen LogP contribution in [0.2, 0.25) is 0 Å². The summed E-state index contributed by atoms with van der Waals surface area (Å²) in [6.45, 7) is 14.1. The van der Waals surface area contributed by atoms with Gasteiger partial charge in [0.25, 0.3) is 0 Å². The fourth-order valence-electron chi connectivity index (χ4n) is 3.16. The SMILES string of the molecule is CCCN(CC)CCNC1CCC(C(C)C)CC1. The predicted octanol–water partition coefficient (Wildman–Crippen LogP) is 3.52. The highest BCUT2D eigenvalue weighted by molar-refractivity contribution is 4.78. The van der Waals surface area contributed by atoms with Gasteiger partial charge in [-0.25, -0.2) is 0 Å². The molecule has 0 aromatic rings. The van der Waals surface area contributed by atoms with Gasteiger partial charge in [-0.15, -0.1) is 0 Å². The number of nitrogens with one attached hydrogen (secondary N) is 1. The predicted molar refractivity (Wildman–Crippen MR) is 81.0 cm³/mol. The van der Waals surface area contributed by atoms with Crippen molar-refractivity contribution in [1.82, 2.24) is 10.2 Å². The molecule has 0 aromatic carbocycles. The van der Waals surface area contributed by atoms with Crippen molar-refractivity contribution in [2.24, 2.45) is 11.8 Å². The van der Waals surface area contributed by atoms with Gasteiger partial charge in [0.05, 0.1) is 0 Å². The van der Waals surface area contributed by atoms with Crippen LogP contribution in [0.25, 0.3) is 0 Å². The third-order valence-electron chi connectivity index (χ3n) is 4.56. The van der Waals surface area contributed by atoms with E-state index in [1.165, 1.54) is 58.3 Å². The lowest BCUT2D eigenvalue weighted by Crippen LogP contribution is -2.39. The van der Waals surface area contributed by atoms with E-state index in [1.807, 2.05) is 0 Å². The molecule has 0 radical (unpaired) electrons. The monoisotopic (exact) mass is 254 g/mol. The van der Waals surface area contributed by atoms with Crippen LogP contribution < -0.4 is 5.32 Å². The van der Waals surface area contributed by atoms with E-state index >= 15 is 0 Å². The van der Waals surface area contributed by atoms with Crippen molar-refractivity contribution in [2.75, 3.05) is 26.2 Å². The van der Waals surface area contributed by atoms with E-state index in [0.717, 1.165) is 17.9 Å². The Morgan fingerprint density at radius 1 is 1.06 bits per heavy atom. The molecule has 18 heavy (non-hydrogen) atoms. The molecule has 0 heterocycles. The van der Waals surface area contributed by atoms with Gasteiger partial charge in [0, 0.05) is 19.1 Å². The second-order valence-corrected chi connectivity index (χ2v) is 6.24. The second-order valence-electron chi connectivity index (χ2n) is 6.24.